The summed E-state index contributed by atoms with van der Waals surface area (Å²) in [5.41, 5.74) is 0.739. The molecule has 3 N–H and O–H groups in total. The van der Waals surface area contributed by atoms with Crippen LogP contribution in [0.5, 0.6) is 0 Å². The molecule has 0 aromatic heterocycles. The van der Waals surface area contributed by atoms with Crippen LogP contribution in [0.25, 0.3) is 0 Å². The van der Waals surface area contributed by atoms with E-state index in [9.17, 15) is 9.90 Å². The van der Waals surface area contributed by atoms with Gasteiger partial charge in [0.15, 0.2) is 0 Å². The summed E-state index contributed by atoms with van der Waals surface area (Å²) in [5, 5.41) is 14.9. The second-order valence-electron chi connectivity index (χ2n) is 4.48. The van der Waals surface area contributed by atoms with Crippen molar-refractivity contribution in [2.24, 2.45) is 5.92 Å². The Hall–Kier alpha value is -1.55. The molecule has 0 radical (unpaired) electrons. The molecule has 2 amide bonds. The first kappa shape index (κ1) is 13.5. The predicted octanol–water partition coefficient (Wildman–Crippen LogP) is 2.22. The Labute approximate surface area is 102 Å². The molecule has 1 unspecified atom stereocenters. The van der Waals surface area contributed by atoms with E-state index >= 15 is 0 Å². The van der Waals surface area contributed by atoms with Crippen LogP contribution in [0.3, 0.4) is 0 Å². The van der Waals surface area contributed by atoms with E-state index in [1.807, 2.05) is 44.2 Å². The first-order valence-electron chi connectivity index (χ1n) is 5.86. The Balaban J connectivity index is 2.26. The number of carbonyl (C=O) groups is 1. The second-order valence-corrected chi connectivity index (χ2v) is 4.48. The molecule has 0 bridgehead atoms. The van der Waals surface area contributed by atoms with Crippen LogP contribution in [-0.4, -0.2) is 23.8 Å². The smallest absolute Gasteiger partial charge is 0.319 e. The number of nitrogens with one attached hydrogen (secondary N) is 2. The van der Waals surface area contributed by atoms with Gasteiger partial charge in [0.25, 0.3) is 0 Å². The molecular weight excluding hydrogens is 216 g/mol. The van der Waals surface area contributed by atoms with Gasteiger partial charge in [-0.25, -0.2) is 4.79 Å². The summed E-state index contributed by atoms with van der Waals surface area (Å²) in [6.07, 6.45) is 0.197. The highest BCUT2D eigenvalue weighted by Gasteiger charge is 2.08. The maximum absolute atomic E-state index is 11.5. The zero-order valence-electron chi connectivity index (χ0n) is 10.3. The average Bonchev–Trinajstić information content (AvgIpc) is 2.27. The Kier molecular flexibility index (Phi) is 5.49. The minimum absolute atomic E-state index is 0.275. The van der Waals surface area contributed by atoms with Gasteiger partial charge < -0.3 is 15.7 Å². The van der Waals surface area contributed by atoms with E-state index in [-0.39, 0.29) is 12.6 Å². The number of benzene rings is 1. The van der Waals surface area contributed by atoms with Crippen LogP contribution in [0.15, 0.2) is 30.3 Å². The number of hydrogen-bond donors (Lipinski definition) is 3. The fourth-order valence-corrected chi connectivity index (χ4v) is 1.53. The molecule has 1 atom stereocenters. The number of aliphatic hydroxyl groups is 1. The van der Waals surface area contributed by atoms with Crippen molar-refractivity contribution in [3.63, 3.8) is 0 Å². The van der Waals surface area contributed by atoms with Gasteiger partial charge in [-0.3, -0.25) is 0 Å². The van der Waals surface area contributed by atoms with E-state index in [1.165, 1.54) is 0 Å². The van der Waals surface area contributed by atoms with Crippen molar-refractivity contribution < 1.29 is 9.90 Å². The summed E-state index contributed by atoms with van der Waals surface area (Å²) < 4.78 is 0. The molecule has 1 aromatic carbocycles. The summed E-state index contributed by atoms with van der Waals surface area (Å²) in [6.45, 7) is 4.34. The Morgan fingerprint density at radius 3 is 2.53 bits per heavy atom. The first-order valence-corrected chi connectivity index (χ1v) is 5.86. The lowest BCUT2D eigenvalue weighted by molar-refractivity contribution is 0.148. The highest BCUT2D eigenvalue weighted by Crippen LogP contribution is 2.05. The third-order valence-corrected chi connectivity index (χ3v) is 2.27. The fourth-order valence-electron chi connectivity index (χ4n) is 1.53. The lowest BCUT2D eigenvalue weighted by atomic mass is 10.1. The van der Waals surface area contributed by atoms with Crippen LogP contribution >= 0.6 is 0 Å². The molecule has 0 saturated heterocycles. The van der Waals surface area contributed by atoms with E-state index in [0.717, 1.165) is 5.69 Å². The van der Waals surface area contributed by atoms with Gasteiger partial charge in [0.1, 0.15) is 0 Å². The van der Waals surface area contributed by atoms with Crippen molar-refractivity contribution in [3.05, 3.63) is 30.3 Å². The van der Waals surface area contributed by atoms with E-state index in [2.05, 4.69) is 10.6 Å². The summed E-state index contributed by atoms with van der Waals surface area (Å²) in [4.78, 5) is 11.5. The average molecular weight is 236 g/mol. The summed E-state index contributed by atoms with van der Waals surface area (Å²) in [5.74, 6) is 0.420. The number of rotatable bonds is 5. The highest BCUT2D eigenvalue weighted by molar-refractivity contribution is 5.89. The molecule has 0 aliphatic heterocycles. The topological polar surface area (TPSA) is 61.4 Å². The number of carbonyl (C=O) groups excluding carboxylic acids is 1. The van der Waals surface area contributed by atoms with Crippen LogP contribution < -0.4 is 10.6 Å². The van der Waals surface area contributed by atoms with Crippen LogP contribution in [0.1, 0.15) is 20.3 Å². The van der Waals surface area contributed by atoms with E-state index < -0.39 is 6.10 Å². The SMILES string of the molecule is CC(C)CC(O)CNC(=O)Nc1ccccc1. The molecule has 1 aromatic rings. The third-order valence-electron chi connectivity index (χ3n) is 2.27. The largest absolute Gasteiger partial charge is 0.391 e. The molecule has 0 aliphatic carbocycles. The number of urea groups is 1. The van der Waals surface area contributed by atoms with Gasteiger partial charge in [0.2, 0.25) is 0 Å². The third kappa shape index (κ3) is 5.92. The predicted molar refractivity (Wildman–Crippen MR) is 68.9 cm³/mol. The van der Waals surface area contributed by atoms with Crippen LogP contribution in [0, 0.1) is 5.92 Å². The molecule has 4 heteroatoms. The van der Waals surface area contributed by atoms with Crippen molar-refractivity contribution in [3.8, 4) is 0 Å². The number of amides is 2. The first-order chi connectivity index (χ1) is 8.08. The van der Waals surface area contributed by atoms with Gasteiger partial charge in [-0.1, -0.05) is 32.0 Å². The van der Waals surface area contributed by atoms with Crippen molar-refractivity contribution in [2.45, 2.75) is 26.4 Å². The molecule has 4 nitrogen and oxygen atoms in total. The van der Waals surface area contributed by atoms with Crippen molar-refractivity contribution in [1.82, 2.24) is 5.32 Å². The van der Waals surface area contributed by atoms with Gasteiger partial charge >= 0.3 is 6.03 Å². The number of hydrogen-bond acceptors (Lipinski definition) is 2. The number of para-hydroxylation sites is 1. The molecule has 94 valence electrons. The molecule has 1 rings (SSSR count). The summed E-state index contributed by atoms with van der Waals surface area (Å²) in [7, 11) is 0. The Morgan fingerprint density at radius 1 is 1.29 bits per heavy atom. The fraction of sp³-hybridized carbons (Fsp3) is 0.462. The lowest BCUT2D eigenvalue weighted by Crippen LogP contribution is -2.35. The van der Waals surface area contributed by atoms with Crippen LogP contribution in [-0.2, 0) is 0 Å². The minimum Gasteiger partial charge on any atom is -0.391 e. The molecule has 0 heterocycles. The van der Waals surface area contributed by atoms with Gasteiger partial charge in [-0.15, -0.1) is 0 Å². The minimum atomic E-state index is -0.489. The maximum atomic E-state index is 11.5. The number of aliphatic hydroxyl groups excluding tert-OH is 1. The zero-order chi connectivity index (χ0) is 12.7. The summed E-state index contributed by atoms with van der Waals surface area (Å²) in [6, 6.07) is 8.91. The maximum Gasteiger partial charge on any atom is 0.319 e. The van der Waals surface area contributed by atoms with Crippen molar-refractivity contribution in [1.29, 1.82) is 0 Å². The van der Waals surface area contributed by atoms with E-state index in [4.69, 9.17) is 0 Å². The van der Waals surface area contributed by atoms with Gasteiger partial charge in [-0.2, -0.15) is 0 Å². The van der Waals surface area contributed by atoms with E-state index in [0.29, 0.717) is 12.3 Å². The molecule has 0 aliphatic rings. The molecule has 17 heavy (non-hydrogen) atoms. The number of anilines is 1. The Bertz CT molecular complexity index is 339. The Morgan fingerprint density at radius 2 is 1.94 bits per heavy atom. The zero-order valence-corrected chi connectivity index (χ0v) is 10.3. The van der Waals surface area contributed by atoms with Gasteiger partial charge in [0.05, 0.1) is 6.10 Å². The van der Waals surface area contributed by atoms with E-state index in [1.54, 1.807) is 0 Å². The van der Waals surface area contributed by atoms with Gasteiger partial charge in [0, 0.05) is 12.2 Å². The lowest BCUT2D eigenvalue weighted by Gasteiger charge is -2.14. The summed E-state index contributed by atoms with van der Waals surface area (Å²) >= 11 is 0. The van der Waals surface area contributed by atoms with Gasteiger partial charge in [-0.05, 0) is 24.5 Å². The molecule has 0 saturated carbocycles. The molecule has 0 spiro atoms. The normalized spacial score (nSPS) is 12.2. The molecule has 0 fully saturated rings. The second kappa shape index (κ2) is 6.91. The van der Waals surface area contributed by atoms with Crippen LogP contribution in [0.4, 0.5) is 10.5 Å². The van der Waals surface area contributed by atoms with Crippen LogP contribution in [0.2, 0.25) is 0 Å². The van der Waals surface area contributed by atoms with Crippen molar-refractivity contribution >= 4 is 11.7 Å². The quantitative estimate of drug-likeness (QED) is 0.734. The highest BCUT2D eigenvalue weighted by atomic mass is 16.3. The molecular formula is C13H20N2O2. The standard InChI is InChI=1S/C13H20N2O2/c1-10(2)8-12(16)9-14-13(17)15-11-6-4-3-5-7-11/h3-7,10,12,16H,8-9H2,1-2H3,(H2,14,15,17). The monoisotopic (exact) mass is 236 g/mol. The van der Waals surface area contributed by atoms with Crippen molar-refractivity contribution in [2.75, 3.05) is 11.9 Å².